The van der Waals surface area contributed by atoms with Crippen molar-refractivity contribution in [1.82, 2.24) is 9.55 Å². The van der Waals surface area contributed by atoms with Crippen LogP contribution in [0.15, 0.2) is 64.1 Å². The Labute approximate surface area is 197 Å². The highest BCUT2D eigenvalue weighted by atomic mass is 79.9. The molecule has 32 heavy (non-hydrogen) atoms. The molecule has 8 heteroatoms. The lowest BCUT2D eigenvalue weighted by Crippen LogP contribution is -2.31. The minimum Gasteiger partial charge on any atom is -0.324 e. The number of fused-ring (bicyclic) bond motifs is 1. The maximum absolute atomic E-state index is 13.4. The van der Waals surface area contributed by atoms with Gasteiger partial charge in [0.2, 0.25) is 5.91 Å². The molecule has 0 aliphatic carbocycles. The molecule has 0 aliphatic rings. The second-order valence-electron chi connectivity index (χ2n) is 7.48. The van der Waals surface area contributed by atoms with Crippen molar-refractivity contribution in [2.24, 2.45) is 0 Å². The minimum absolute atomic E-state index is 0.0465. The van der Waals surface area contributed by atoms with E-state index in [1.807, 2.05) is 31.2 Å². The maximum Gasteiger partial charge on any atom is 0.263 e. The Hall–Kier alpha value is -3.10. The summed E-state index contributed by atoms with van der Waals surface area (Å²) in [6.45, 7) is 5.11. The first-order valence-electron chi connectivity index (χ1n) is 9.94. The quantitative estimate of drug-likeness (QED) is 0.355. The molecule has 0 radical (unpaired) electrons. The van der Waals surface area contributed by atoms with E-state index in [-0.39, 0.29) is 17.2 Å². The molecule has 1 atom stereocenters. The van der Waals surface area contributed by atoms with Crippen LogP contribution in [0.3, 0.4) is 0 Å². The van der Waals surface area contributed by atoms with Gasteiger partial charge in [-0.25, -0.2) is 4.98 Å². The van der Waals surface area contributed by atoms with Gasteiger partial charge in [-0.05, 0) is 62.7 Å². The summed E-state index contributed by atoms with van der Waals surface area (Å²) in [4.78, 5) is 43.8. The Morgan fingerprint density at radius 2 is 1.75 bits per heavy atom. The number of aromatic nitrogens is 2. The van der Waals surface area contributed by atoms with Gasteiger partial charge in [-0.1, -0.05) is 28.1 Å². The molecule has 0 saturated heterocycles. The summed E-state index contributed by atoms with van der Waals surface area (Å²) < 4.78 is 2.31. The van der Waals surface area contributed by atoms with E-state index in [1.54, 1.807) is 31.2 Å². The van der Waals surface area contributed by atoms with Crippen LogP contribution >= 0.6 is 27.3 Å². The molecule has 0 aliphatic heterocycles. The fourth-order valence-corrected chi connectivity index (χ4v) is 4.78. The number of benzene rings is 2. The van der Waals surface area contributed by atoms with Crippen molar-refractivity contribution in [2.45, 2.75) is 26.8 Å². The average molecular weight is 510 g/mol. The van der Waals surface area contributed by atoms with Crippen molar-refractivity contribution in [1.29, 1.82) is 0 Å². The number of rotatable bonds is 5. The highest BCUT2D eigenvalue weighted by Gasteiger charge is 2.22. The highest BCUT2D eigenvalue weighted by Crippen LogP contribution is 2.36. The highest BCUT2D eigenvalue weighted by molar-refractivity contribution is 9.10. The molecule has 0 spiro atoms. The number of hydrogen-bond acceptors (Lipinski definition) is 5. The van der Waals surface area contributed by atoms with Gasteiger partial charge >= 0.3 is 0 Å². The Bertz CT molecular complexity index is 1390. The van der Waals surface area contributed by atoms with E-state index in [9.17, 15) is 14.4 Å². The van der Waals surface area contributed by atoms with E-state index < -0.39 is 6.04 Å². The minimum atomic E-state index is -0.773. The number of amides is 1. The van der Waals surface area contributed by atoms with Gasteiger partial charge in [0, 0.05) is 26.2 Å². The maximum atomic E-state index is 13.4. The number of nitrogens with zero attached hydrogens (tertiary/aromatic N) is 2. The fraction of sp³-hybridized carbons (Fsp3) is 0.167. The molecule has 0 bridgehead atoms. The third kappa shape index (κ3) is 4.16. The first kappa shape index (κ1) is 22.1. The monoisotopic (exact) mass is 509 g/mol. The molecular formula is C24H20BrN3O3S. The molecule has 2 aromatic carbocycles. The molecular weight excluding hydrogens is 490 g/mol. The lowest BCUT2D eigenvalue weighted by Gasteiger charge is -2.15. The Morgan fingerprint density at radius 3 is 2.38 bits per heavy atom. The average Bonchev–Trinajstić information content (AvgIpc) is 3.11. The largest absolute Gasteiger partial charge is 0.324 e. The summed E-state index contributed by atoms with van der Waals surface area (Å²) >= 11 is 4.90. The number of anilines is 1. The van der Waals surface area contributed by atoms with Crippen molar-refractivity contribution in [2.75, 3.05) is 5.32 Å². The zero-order valence-corrected chi connectivity index (χ0v) is 20.1. The second kappa shape index (κ2) is 8.80. The zero-order chi connectivity index (χ0) is 23.0. The molecule has 4 rings (SSSR count). The van der Waals surface area contributed by atoms with Crippen molar-refractivity contribution in [3.63, 3.8) is 0 Å². The molecule has 2 heterocycles. The number of hydrogen-bond donors (Lipinski definition) is 1. The van der Waals surface area contributed by atoms with Crippen LogP contribution in [-0.4, -0.2) is 21.2 Å². The number of thiophene rings is 1. The summed E-state index contributed by atoms with van der Waals surface area (Å²) in [6, 6.07) is 13.6. The SMILES string of the molecule is CC(=O)c1ccc(NC(=O)C(C)n2cnc3sc(C)c(-c4ccc(Br)cc4)c3c2=O)cc1. The molecule has 2 aromatic heterocycles. The van der Waals surface area contributed by atoms with E-state index in [0.717, 1.165) is 20.5 Å². The van der Waals surface area contributed by atoms with Crippen LogP contribution in [0.25, 0.3) is 21.3 Å². The van der Waals surface area contributed by atoms with Crippen LogP contribution < -0.4 is 10.9 Å². The Morgan fingerprint density at radius 1 is 1.09 bits per heavy atom. The molecule has 162 valence electrons. The van der Waals surface area contributed by atoms with Crippen LogP contribution in [0.4, 0.5) is 5.69 Å². The number of nitrogens with one attached hydrogen (secondary N) is 1. The van der Waals surface area contributed by atoms with Gasteiger partial charge < -0.3 is 5.32 Å². The van der Waals surface area contributed by atoms with Crippen LogP contribution in [-0.2, 0) is 4.79 Å². The molecule has 6 nitrogen and oxygen atoms in total. The van der Waals surface area contributed by atoms with E-state index in [0.29, 0.717) is 21.5 Å². The Balaban J connectivity index is 1.69. The van der Waals surface area contributed by atoms with E-state index in [1.165, 1.54) is 29.2 Å². The number of carbonyl (C=O) groups is 2. The standard InChI is InChI=1S/C24H20BrN3O3S/c1-13(22(30)27-19-10-6-16(7-11-19)14(2)29)28-12-26-23-21(24(28)31)20(15(3)32-23)17-4-8-18(25)9-5-17/h4-13H,1-3H3,(H,27,30). The number of carbonyl (C=O) groups excluding carboxylic acids is 2. The normalized spacial score (nSPS) is 12.0. The fourth-order valence-electron chi connectivity index (χ4n) is 3.52. The summed E-state index contributed by atoms with van der Waals surface area (Å²) in [6.07, 6.45) is 1.43. The van der Waals surface area contributed by atoms with Crippen LogP contribution in [0.1, 0.15) is 35.1 Å². The first-order valence-corrected chi connectivity index (χ1v) is 11.5. The van der Waals surface area contributed by atoms with Gasteiger partial charge in [0.1, 0.15) is 10.9 Å². The van der Waals surface area contributed by atoms with Gasteiger partial charge in [0.25, 0.3) is 5.56 Å². The van der Waals surface area contributed by atoms with Gasteiger partial charge in [0.05, 0.1) is 11.7 Å². The third-order valence-electron chi connectivity index (χ3n) is 5.30. The van der Waals surface area contributed by atoms with Gasteiger partial charge in [-0.3, -0.25) is 19.0 Å². The predicted molar refractivity (Wildman–Crippen MR) is 132 cm³/mol. The predicted octanol–water partition coefficient (Wildman–Crippen LogP) is 5.60. The van der Waals surface area contributed by atoms with Crippen LogP contribution in [0.2, 0.25) is 0 Å². The summed E-state index contributed by atoms with van der Waals surface area (Å²) in [5.74, 6) is -0.393. The summed E-state index contributed by atoms with van der Waals surface area (Å²) in [5.41, 5.74) is 2.63. The van der Waals surface area contributed by atoms with Gasteiger partial charge in [-0.15, -0.1) is 11.3 Å². The number of Topliss-reactive ketones (excluding diaryl/α,β-unsaturated/α-hetero) is 1. The Kier molecular flexibility index (Phi) is 6.08. The lowest BCUT2D eigenvalue weighted by molar-refractivity contribution is -0.118. The lowest BCUT2D eigenvalue weighted by atomic mass is 10.0. The van der Waals surface area contributed by atoms with Gasteiger partial charge in [-0.2, -0.15) is 0 Å². The van der Waals surface area contributed by atoms with Crippen molar-refractivity contribution in [3.8, 4) is 11.1 Å². The molecule has 1 N–H and O–H groups in total. The van der Waals surface area contributed by atoms with Crippen LogP contribution in [0.5, 0.6) is 0 Å². The van der Waals surface area contributed by atoms with Crippen molar-refractivity contribution >= 4 is 54.9 Å². The third-order valence-corrected chi connectivity index (χ3v) is 6.84. The molecule has 0 fully saturated rings. The molecule has 1 amide bonds. The first-order chi connectivity index (χ1) is 15.3. The van der Waals surface area contributed by atoms with Crippen LogP contribution in [0, 0.1) is 6.92 Å². The summed E-state index contributed by atoms with van der Waals surface area (Å²) in [7, 11) is 0. The number of halogens is 1. The van der Waals surface area contributed by atoms with Crippen molar-refractivity contribution in [3.05, 3.63) is 80.1 Å². The zero-order valence-electron chi connectivity index (χ0n) is 17.7. The van der Waals surface area contributed by atoms with E-state index in [2.05, 4.69) is 26.2 Å². The van der Waals surface area contributed by atoms with E-state index >= 15 is 0 Å². The second-order valence-corrected chi connectivity index (χ2v) is 9.59. The van der Waals surface area contributed by atoms with Gasteiger partial charge in [0.15, 0.2) is 5.78 Å². The molecule has 0 saturated carbocycles. The topological polar surface area (TPSA) is 81.1 Å². The molecule has 4 aromatic rings. The van der Waals surface area contributed by atoms with E-state index in [4.69, 9.17) is 0 Å². The number of aryl methyl sites for hydroxylation is 1. The molecule has 1 unspecified atom stereocenters. The summed E-state index contributed by atoms with van der Waals surface area (Å²) in [5, 5.41) is 3.32. The number of ketones is 1. The smallest absolute Gasteiger partial charge is 0.263 e. The van der Waals surface area contributed by atoms with Crippen molar-refractivity contribution < 1.29 is 9.59 Å².